The number of aromatic amines is 1. The minimum atomic E-state index is -0.568. The Labute approximate surface area is 237 Å². The molecular formula is C29H33FN8O3. The van der Waals surface area contributed by atoms with Gasteiger partial charge < -0.3 is 30.0 Å². The van der Waals surface area contributed by atoms with Crippen LogP contribution in [0.1, 0.15) is 11.5 Å². The summed E-state index contributed by atoms with van der Waals surface area (Å²) in [7, 11) is 3.91. The fraction of sp³-hybridized carbons (Fsp3) is 0.345. The van der Waals surface area contributed by atoms with Crippen LogP contribution in [-0.2, 0) is 27.2 Å². The van der Waals surface area contributed by atoms with Crippen molar-refractivity contribution in [1.29, 1.82) is 0 Å². The second-order valence-corrected chi connectivity index (χ2v) is 9.95. The molecule has 1 saturated heterocycles. The highest BCUT2D eigenvalue weighted by Gasteiger charge is 2.29. The van der Waals surface area contributed by atoms with Crippen LogP contribution >= 0.6 is 0 Å². The second-order valence-electron chi connectivity index (χ2n) is 9.95. The minimum absolute atomic E-state index is 0.0830. The number of pyridine rings is 1. The SMILES string of the molecule is CN(C)CCNC(=O)C1COC(Cc2nc(-c3ccc(F)cc3)c(-c3ccnc(NCc4ccccn4)n3)[nH]2)OC1. The van der Waals surface area contributed by atoms with Crippen molar-refractivity contribution in [3.8, 4) is 22.6 Å². The lowest BCUT2D eigenvalue weighted by Gasteiger charge is -2.28. The molecule has 0 aliphatic carbocycles. The van der Waals surface area contributed by atoms with Crippen LogP contribution in [0.4, 0.5) is 10.3 Å². The van der Waals surface area contributed by atoms with Crippen LogP contribution in [0, 0.1) is 11.7 Å². The molecule has 11 nitrogen and oxygen atoms in total. The van der Waals surface area contributed by atoms with Crippen molar-refractivity contribution < 1.29 is 18.7 Å². The van der Waals surface area contributed by atoms with Crippen LogP contribution in [0.25, 0.3) is 22.6 Å². The average molecular weight is 561 g/mol. The molecule has 3 aromatic heterocycles. The van der Waals surface area contributed by atoms with Gasteiger partial charge in [-0.05, 0) is 56.6 Å². The van der Waals surface area contributed by atoms with Gasteiger partial charge in [0.15, 0.2) is 6.29 Å². The van der Waals surface area contributed by atoms with Crippen molar-refractivity contribution in [1.82, 2.24) is 35.1 Å². The fourth-order valence-electron chi connectivity index (χ4n) is 4.29. The van der Waals surface area contributed by atoms with Gasteiger partial charge in [-0.1, -0.05) is 6.07 Å². The van der Waals surface area contributed by atoms with Gasteiger partial charge >= 0.3 is 0 Å². The molecule has 214 valence electrons. The number of nitrogens with zero attached hydrogens (tertiary/aromatic N) is 5. The van der Waals surface area contributed by atoms with E-state index in [1.54, 1.807) is 30.6 Å². The van der Waals surface area contributed by atoms with Gasteiger partial charge in [-0.3, -0.25) is 9.78 Å². The lowest BCUT2D eigenvalue weighted by Crippen LogP contribution is -2.43. The van der Waals surface area contributed by atoms with Crippen LogP contribution in [-0.4, -0.2) is 82.4 Å². The Hall–Kier alpha value is -4.26. The summed E-state index contributed by atoms with van der Waals surface area (Å²) in [6, 6.07) is 13.6. The van der Waals surface area contributed by atoms with E-state index in [2.05, 4.69) is 30.6 Å². The largest absolute Gasteiger partial charge is 0.354 e. The van der Waals surface area contributed by atoms with Crippen molar-refractivity contribution in [2.24, 2.45) is 5.92 Å². The number of halogens is 1. The average Bonchev–Trinajstić information content (AvgIpc) is 3.41. The summed E-state index contributed by atoms with van der Waals surface area (Å²) in [5.41, 5.74) is 3.47. The Balaban J connectivity index is 1.29. The molecule has 1 amide bonds. The molecule has 1 aliphatic heterocycles. The summed E-state index contributed by atoms with van der Waals surface area (Å²) in [5.74, 6) is 0.259. The van der Waals surface area contributed by atoms with Crippen molar-refractivity contribution in [3.63, 3.8) is 0 Å². The highest BCUT2D eigenvalue weighted by Crippen LogP contribution is 2.30. The first-order valence-corrected chi connectivity index (χ1v) is 13.4. The predicted molar refractivity (Wildman–Crippen MR) is 151 cm³/mol. The molecule has 41 heavy (non-hydrogen) atoms. The van der Waals surface area contributed by atoms with Gasteiger partial charge in [0.1, 0.15) is 11.6 Å². The van der Waals surface area contributed by atoms with E-state index in [1.165, 1.54) is 12.1 Å². The van der Waals surface area contributed by atoms with Gasteiger partial charge in [0, 0.05) is 31.0 Å². The number of ether oxygens (including phenoxy) is 2. The number of carbonyl (C=O) groups is 1. The number of H-pyrrole nitrogens is 1. The van der Waals surface area contributed by atoms with Crippen LogP contribution < -0.4 is 10.6 Å². The first-order chi connectivity index (χ1) is 19.9. The Kier molecular flexibility index (Phi) is 9.24. The fourth-order valence-corrected chi connectivity index (χ4v) is 4.29. The first kappa shape index (κ1) is 28.3. The number of hydrogen-bond acceptors (Lipinski definition) is 9. The highest BCUT2D eigenvalue weighted by atomic mass is 19.1. The topological polar surface area (TPSA) is 130 Å². The molecule has 1 fully saturated rings. The van der Waals surface area contributed by atoms with Crippen molar-refractivity contribution in [2.75, 3.05) is 45.7 Å². The second kappa shape index (κ2) is 13.4. The molecule has 3 N–H and O–H groups in total. The number of carbonyl (C=O) groups excluding carboxylic acids is 1. The van der Waals surface area contributed by atoms with E-state index in [1.807, 2.05) is 37.2 Å². The lowest BCUT2D eigenvalue weighted by atomic mass is 10.1. The molecule has 5 rings (SSSR count). The highest BCUT2D eigenvalue weighted by molar-refractivity contribution is 5.79. The van der Waals surface area contributed by atoms with Crippen molar-refractivity contribution in [3.05, 3.63) is 78.3 Å². The van der Waals surface area contributed by atoms with Gasteiger partial charge in [-0.15, -0.1) is 0 Å². The van der Waals surface area contributed by atoms with Crippen LogP contribution in [0.15, 0.2) is 60.9 Å². The molecule has 4 aromatic rings. The third-order valence-corrected chi connectivity index (χ3v) is 6.49. The molecule has 0 radical (unpaired) electrons. The van der Waals surface area contributed by atoms with E-state index in [9.17, 15) is 9.18 Å². The minimum Gasteiger partial charge on any atom is -0.354 e. The Morgan fingerprint density at radius 3 is 2.59 bits per heavy atom. The zero-order valence-electron chi connectivity index (χ0n) is 23.0. The van der Waals surface area contributed by atoms with E-state index >= 15 is 0 Å². The summed E-state index contributed by atoms with van der Waals surface area (Å²) in [6.07, 6.45) is 3.16. The molecule has 4 heterocycles. The van der Waals surface area contributed by atoms with Gasteiger partial charge in [0.25, 0.3) is 0 Å². The Bertz CT molecular complexity index is 1420. The Morgan fingerprint density at radius 2 is 1.85 bits per heavy atom. The number of likely N-dealkylation sites (N-methyl/N-ethyl adjacent to an activating group) is 1. The van der Waals surface area contributed by atoms with Crippen molar-refractivity contribution in [2.45, 2.75) is 19.3 Å². The summed E-state index contributed by atoms with van der Waals surface area (Å²) >= 11 is 0. The maximum Gasteiger partial charge on any atom is 0.227 e. The van der Waals surface area contributed by atoms with E-state index in [0.29, 0.717) is 48.4 Å². The normalized spacial score (nSPS) is 17.0. The quantitative estimate of drug-likeness (QED) is 0.254. The maximum absolute atomic E-state index is 13.7. The van der Waals surface area contributed by atoms with Gasteiger partial charge in [0.05, 0.1) is 54.9 Å². The Morgan fingerprint density at radius 1 is 1.05 bits per heavy atom. The molecule has 12 heteroatoms. The third kappa shape index (κ3) is 7.69. The van der Waals surface area contributed by atoms with Crippen LogP contribution in [0.5, 0.6) is 0 Å². The smallest absolute Gasteiger partial charge is 0.227 e. The molecule has 0 unspecified atom stereocenters. The van der Waals surface area contributed by atoms with E-state index in [-0.39, 0.29) is 30.9 Å². The standard InChI is InChI=1S/C29H33FN8O3/c1-38(2)14-13-32-28(39)20-17-40-25(41-18-20)15-24-36-26(19-6-8-21(30)9-7-19)27(37-24)23-10-12-33-29(35-23)34-16-22-5-3-4-11-31-22/h3-12,20,25H,13-18H2,1-2H3,(H,32,39)(H,36,37)(H,33,34,35). The number of amides is 1. The first-order valence-electron chi connectivity index (χ1n) is 13.4. The third-order valence-electron chi connectivity index (χ3n) is 6.49. The zero-order valence-corrected chi connectivity index (χ0v) is 23.0. The number of hydrogen-bond donors (Lipinski definition) is 3. The molecule has 1 aromatic carbocycles. The van der Waals surface area contributed by atoms with Crippen molar-refractivity contribution >= 4 is 11.9 Å². The van der Waals surface area contributed by atoms with E-state index < -0.39 is 6.29 Å². The molecule has 0 saturated carbocycles. The number of aromatic nitrogens is 5. The molecule has 0 spiro atoms. The molecule has 0 bridgehead atoms. The van der Waals surface area contributed by atoms with E-state index in [4.69, 9.17) is 14.5 Å². The van der Waals surface area contributed by atoms with Gasteiger partial charge in [-0.2, -0.15) is 0 Å². The number of rotatable bonds is 11. The summed E-state index contributed by atoms with van der Waals surface area (Å²) in [5, 5.41) is 6.11. The summed E-state index contributed by atoms with van der Waals surface area (Å²) in [6.45, 7) is 2.31. The number of anilines is 1. The monoisotopic (exact) mass is 560 g/mol. The van der Waals surface area contributed by atoms with Gasteiger partial charge in [0.2, 0.25) is 11.9 Å². The van der Waals surface area contributed by atoms with Crippen LogP contribution in [0.3, 0.4) is 0 Å². The number of imidazole rings is 1. The summed E-state index contributed by atoms with van der Waals surface area (Å²) < 4.78 is 25.4. The lowest BCUT2D eigenvalue weighted by molar-refractivity contribution is -0.200. The maximum atomic E-state index is 13.7. The van der Waals surface area contributed by atoms with Gasteiger partial charge in [-0.25, -0.2) is 19.3 Å². The van der Waals surface area contributed by atoms with E-state index in [0.717, 1.165) is 17.8 Å². The molecular weight excluding hydrogens is 527 g/mol. The molecule has 1 aliphatic rings. The zero-order chi connectivity index (χ0) is 28.6. The summed E-state index contributed by atoms with van der Waals surface area (Å²) in [4.78, 5) is 35.9. The molecule has 0 atom stereocenters. The number of nitrogens with one attached hydrogen (secondary N) is 3. The number of benzene rings is 1. The predicted octanol–water partition coefficient (Wildman–Crippen LogP) is 2.89. The van der Waals surface area contributed by atoms with Crippen LogP contribution in [0.2, 0.25) is 0 Å².